The van der Waals surface area contributed by atoms with Crippen LogP contribution in [0.25, 0.3) is 0 Å². The van der Waals surface area contributed by atoms with E-state index in [-0.39, 0.29) is 29.2 Å². The summed E-state index contributed by atoms with van der Waals surface area (Å²) in [5.74, 6) is -0.507. The fourth-order valence-corrected chi connectivity index (χ4v) is 3.98. The number of ether oxygens (including phenoxy) is 1. The minimum atomic E-state index is -1.13. The smallest absolute Gasteiger partial charge is 0.338 e. The van der Waals surface area contributed by atoms with Crippen LogP contribution in [-0.2, 0) is 16.0 Å². The van der Waals surface area contributed by atoms with Crippen molar-refractivity contribution in [2.75, 3.05) is 0 Å². The van der Waals surface area contributed by atoms with Crippen LogP contribution < -0.4 is 4.74 Å². The van der Waals surface area contributed by atoms with Crippen molar-refractivity contribution in [2.45, 2.75) is 73.5 Å². The molecule has 4 heteroatoms. The normalized spacial score (nSPS) is 13.0. The molecule has 0 spiro atoms. The minimum Gasteiger partial charge on any atom is -0.423 e. The first kappa shape index (κ1) is 24.4. The molecule has 0 aliphatic carbocycles. The molecule has 28 heavy (non-hydrogen) atoms. The van der Waals surface area contributed by atoms with Crippen LogP contribution in [-0.4, -0.2) is 16.2 Å². The molecule has 0 aliphatic rings. The van der Waals surface area contributed by atoms with E-state index in [0.29, 0.717) is 16.9 Å². The average Bonchev–Trinajstić information content (AvgIpc) is 2.58. The number of hydrogen-bond donors (Lipinski definition) is 2. The Morgan fingerprint density at radius 3 is 1.39 bits per heavy atom. The van der Waals surface area contributed by atoms with Gasteiger partial charge in [-0.25, -0.2) is 4.79 Å². The molecule has 0 aromatic heterocycles. The average molecular weight is 391 g/mol. The van der Waals surface area contributed by atoms with Gasteiger partial charge in [-0.15, -0.1) is 0 Å². The molecule has 0 atom stereocenters. The van der Waals surface area contributed by atoms with Gasteiger partial charge in [0.1, 0.15) is 5.75 Å². The Morgan fingerprint density at radius 1 is 0.821 bits per heavy atom. The Kier molecular flexibility index (Phi) is 7.66. The Balaban J connectivity index is 3.79. The van der Waals surface area contributed by atoms with Crippen molar-refractivity contribution in [2.24, 2.45) is 23.7 Å². The predicted octanol–water partition coefficient (Wildman–Crippen LogP) is 5.17. The Labute approximate surface area is 170 Å². The molecule has 158 valence electrons. The second kappa shape index (κ2) is 8.79. The standard InChI is InChI=1S/C24H38O4/c1-14(2)22(25)28-21-12-19(23(26,15(3)4)16(5)6)11-20(13-21)24(27,17(7)8)18(9)10/h11-13,15-18,26-27H,1H2,2-10H3. The zero-order valence-electron chi connectivity index (χ0n) is 19.0. The molecule has 0 bridgehead atoms. The van der Waals surface area contributed by atoms with Gasteiger partial charge in [0, 0.05) is 5.57 Å². The number of esters is 1. The monoisotopic (exact) mass is 390 g/mol. The summed E-state index contributed by atoms with van der Waals surface area (Å²) in [4.78, 5) is 12.1. The predicted molar refractivity (Wildman–Crippen MR) is 114 cm³/mol. The highest BCUT2D eigenvalue weighted by Crippen LogP contribution is 2.43. The van der Waals surface area contributed by atoms with Gasteiger partial charge in [-0.1, -0.05) is 62.0 Å². The summed E-state index contributed by atoms with van der Waals surface area (Å²) >= 11 is 0. The fraction of sp³-hybridized carbons (Fsp3) is 0.625. The number of carbonyl (C=O) groups is 1. The summed E-state index contributed by atoms with van der Waals surface area (Å²) in [5, 5.41) is 23.1. The van der Waals surface area contributed by atoms with Crippen LogP contribution in [0.4, 0.5) is 0 Å². The molecule has 0 saturated carbocycles. The van der Waals surface area contributed by atoms with Gasteiger partial charge >= 0.3 is 5.97 Å². The number of carbonyl (C=O) groups excluding carboxylic acids is 1. The number of hydrogen-bond acceptors (Lipinski definition) is 4. The Morgan fingerprint density at radius 2 is 1.14 bits per heavy atom. The molecule has 0 heterocycles. The summed E-state index contributed by atoms with van der Waals surface area (Å²) in [5.41, 5.74) is -0.693. The van der Waals surface area contributed by atoms with E-state index in [1.807, 2.05) is 61.5 Å². The van der Waals surface area contributed by atoms with E-state index < -0.39 is 17.2 Å². The molecular formula is C24H38O4. The summed E-state index contributed by atoms with van der Waals surface area (Å²) < 4.78 is 5.51. The minimum absolute atomic E-state index is 0.0707. The SMILES string of the molecule is C=C(C)C(=O)Oc1cc(C(O)(C(C)C)C(C)C)cc(C(O)(C(C)C)C(C)C)c1. The van der Waals surface area contributed by atoms with E-state index in [1.54, 1.807) is 19.1 Å². The molecule has 0 saturated heterocycles. The zero-order valence-corrected chi connectivity index (χ0v) is 19.0. The number of aliphatic hydroxyl groups is 2. The molecule has 2 N–H and O–H groups in total. The van der Waals surface area contributed by atoms with Crippen molar-refractivity contribution in [1.29, 1.82) is 0 Å². The summed E-state index contributed by atoms with van der Waals surface area (Å²) in [7, 11) is 0. The lowest BCUT2D eigenvalue weighted by atomic mass is 9.71. The largest absolute Gasteiger partial charge is 0.423 e. The van der Waals surface area contributed by atoms with Crippen molar-refractivity contribution in [1.82, 2.24) is 0 Å². The van der Waals surface area contributed by atoms with E-state index in [0.717, 1.165) is 0 Å². The highest BCUT2D eigenvalue weighted by Gasteiger charge is 2.41. The molecule has 4 nitrogen and oxygen atoms in total. The Bertz CT molecular complexity index is 653. The van der Waals surface area contributed by atoms with Crippen molar-refractivity contribution >= 4 is 5.97 Å². The van der Waals surface area contributed by atoms with Crippen molar-refractivity contribution in [3.63, 3.8) is 0 Å². The highest BCUT2D eigenvalue weighted by molar-refractivity contribution is 5.88. The van der Waals surface area contributed by atoms with Crippen LogP contribution in [0.3, 0.4) is 0 Å². The summed E-state index contributed by atoms with van der Waals surface area (Å²) in [6.07, 6.45) is 0. The second-order valence-electron chi connectivity index (χ2n) is 9.19. The van der Waals surface area contributed by atoms with Crippen LogP contribution in [0.5, 0.6) is 5.75 Å². The van der Waals surface area contributed by atoms with Crippen LogP contribution in [0.15, 0.2) is 30.4 Å². The quantitative estimate of drug-likeness (QED) is 0.365. The van der Waals surface area contributed by atoms with Crippen molar-refractivity contribution < 1.29 is 19.7 Å². The molecule has 0 amide bonds. The lowest BCUT2D eigenvalue weighted by molar-refractivity contribution is -0.130. The lowest BCUT2D eigenvalue weighted by Crippen LogP contribution is -2.40. The van der Waals surface area contributed by atoms with Crippen molar-refractivity contribution in [3.8, 4) is 5.75 Å². The molecule has 1 rings (SSSR count). The lowest BCUT2D eigenvalue weighted by Gasteiger charge is -2.40. The first-order valence-electron chi connectivity index (χ1n) is 10.2. The molecular weight excluding hydrogens is 352 g/mol. The van der Waals surface area contributed by atoms with Gasteiger partial charge in [-0.2, -0.15) is 0 Å². The van der Waals surface area contributed by atoms with Crippen LogP contribution in [0, 0.1) is 23.7 Å². The van der Waals surface area contributed by atoms with Gasteiger partial charge in [0.05, 0.1) is 11.2 Å². The zero-order chi connectivity index (χ0) is 22.0. The molecule has 0 fully saturated rings. The second-order valence-corrected chi connectivity index (χ2v) is 9.19. The van der Waals surface area contributed by atoms with E-state index in [2.05, 4.69) is 6.58 Å². The van der Waals surface area contributed by atoms with E-state index in [1.165, 1.54) is 0 Å². The maximum absolute atomic E-state index is 12.1. The van der Waals surface area contributed by atoms with Gasteiger partial charge in [-0.3, -0.25) is 0 Å². The van der Waals surface area contributed by atoms with Gasteiger partial charge in [0.2, 0.25) is 0 Å². The third kappa shape index (κ3) is 4.49. The first-order valence-corrected chi connectivity index (χ1v) is 10.2. The maximum atomic E-state index is 12.1. The van der Waals surface area contributed by atoms with Gasteiger partial charge in [0.15, 0.2) is 0 Å². The number of benzene rings is 1. The highest BCUT2D eigenvalue weighted by atomic mass is 16.5. The van der Waals surface area contributed by atoms with Gasteiger partial charge < -0.3 is 14.9 Å². The summed E-state index contributed by atoms with van der Waals surface area (Å²) in [6.45, 7) is 20.9. The third-order valence-electron chi connectivity index (χ3n) is 5.91. The first-order chi connectivity index (χ1) is 12.7. The summed E-state index contributed by atoms with van der Waals surface area (Å²) in [6, 6.07) is 5.26. The molecule has 0 aliphatic heterocycles. The topological polar surface area (TPSA) is 66.8 Å². The van der Waals surface area contributed by atoms with E-state index in [9.17, 15) is 15.0 Å². The van der Waals surface area contributed by atoms with E-state index in [4.69, 9.17) is 4.74 Å². The molecule has 1 aromatic rings. The maximum Gasteiger partial charge on any atom is 0.338 e. The van der Waals surface area contributed by atoms with Crippen LogP contribution in [0.1, 0.15) is 73.4 Å². The third-order valence-corrected chi connectivity index (χ3v) is 5.91. The molecule has 0 unspecified atom stereocenters. The fourth-order valence-electron chi connectivity index (χ4n) is 3.98. The Hall–Kier alpha value is -1.65. The van der Waals surface area contributed by atoms with Gasteiger partial charge in [-0.05, 0) is 59.9 Å². The van der Waals surface area contributed by atoms with E-state index >= 15 is 0 Å². The van der Waals surface area contributed by atoms with Crippen LogP contribution in [0.2, 0.25) is 0 Å². The molecule has 1 aromatic carbocycles. The van der Waals surface area contributed by atoms with Crippen LogP contribution >= 0.6 is 0 Å². The van der Waals surface area contributed by atoms with Crippen molar-refractivity contribution in [3.05, 3.63) is 41.5 Å². The number of rotatable bonds is 8. The molecule has 0 radical (unpaired) electrons. The van der Waals surface area contributed by atoms with Gasteiger partial charge in [0.25, 0.3) is 0 Å².